The molecule has 6 rings (SSSR count). The number of aliphatic hydroxyl groups excluding tert-OH is 3. The lowest BCUT2D eigenvalue weighted by Crippen LogP contribution is -2.64. The topological polar surface area (TPSA) is 812 Å². The maximum absolute atomic E-state index is 12.1. The highest BCUT2D eigenvalue weighted by atomic mass is 19.1. The number of halogens is 1. The van der Waals surface area contributed by atoms with E-state index in [1.807, 2.05) is 0 Å². The van der Waals surface area contributed by atoms with Crippen LogP contribution < -0.4 is 43.0 Å². The summed E-state index contributed by atoms with van der Waals surface area (Å²) in [6.45, 7) is 20.2. The summed E-state index contributed by atoms with van der Waals surface area (Å²) in [6, 6.07) is -3.45. The zero-order valence-electron chi connectivity index (χ0n) is 86.4. The smallest absolute Gasteiger partial charge is 0.342 e. The van der Waals surface area contributed by atoms with E-state index in [1.54, 1.807) is 20.8 Å². The summed E-state index contributed by atoms with van der Waals surface area (Å²) >= 11 is 0. The number of hydrogen-bond acceptors (Lipinski definition) is 47. The lowest BCUT2D eigenvalue weighted by atomic mass is 9.84. The van der Waals surface area contributed by atoms with E-state index < -0.39 is 255 Å². The highest BCUT2D eigenvalue weighted by Crippen LogP contribution is 2.34. The van der Waals surface area contributed by atoms with Crippen molar-refractivity contribution in [1.29, 1.82) is 0 Å². The average molecular weight is 2150 g/mol. The van der Waals surface area contributed by atoms with Crippen LogP contribution in [0.5, 0.6) is 0 Å². The molecule has 5 saturated heterocycles. The van der Waals surface area contributed by atoms with E-state index in [-0.39, 0.29) is 205 Å². The van der Waals surface area contributed by atoms with Gasteiger partial charge in [0.05, 0.1) is 119 Å². The van der Waals surface area contributed by atoms with Crippen molar-refractivity contribution < 1.29 is 242 Å². The number of carboxylic acids is 3. The predicted molar refractivity (Wildman–Crippen MR) is 494 cm³/mol. The van der Waals surface area contributed by atoms with E-state index in [0.717, 1.165) is 13.0 Å². The van der Waals surface area contributed by atoms with Crippen molar-refractivity contribution in [2.75, 3.05) is 139 Å². The molecular weight excluding hydrogens is 2010 g/mol. The van der Waals surface area contributed by atoms with E-state index in [0.29, 0.717) is 13.2 Å². The number of amides is 7. The zero-order valence-corrected chi connectivity index (χ0v) is 85.4. The molecule has 0 aromatic heterocycles. The summed E-state index contributed by atoms with van der Waals surface area (Å²) in [5.74, 6) is -17.2. The molecule has 0 aromatic rings. The predicted octanol–water partition coefficient (Wildman–Crippen LogP) is -5.26. The van der Waals surface area contributed by atoms with Crippen molar-refractivity contribution in [3.05, 3.63) is 11.6 Å². The quantitative estimate of drug-likeness (QED) is 0.0117. The van der Waals surface area contributed by atoms with E-state index in [9.17, 15) is 135 Å². The van der Waals surface area contributed by atoms with Crippen LogP contribution in [0.15, 0.2) is 11.6 Å². The van der Waals surface area contributed by atoms with Gasteiger partial charge in [0.2, 0.25) is 41.4 Å². The molecule has 0 aliphatic carbocycles. The van der Waals surface area contributed by atoms with Gasteiger partial charge in [-0.15, -0.1) is 0 Å². The highest BCUT2D eigenvalue weighted by Gasteiger charge is 2.52. The van der Waals surface area contributed by atoms with Gasteiger partial charge >= 0.3 is 77.6 Å². The Morgan fingerprint density at radius 1 is 0.450 bits per heavy atom. The molecule has 848 valence electrons. The number of carboxylic acid groups (broad SMARTS) is 3. The van der Waals surface area contributed by atoms with Gasteiger partial charge in [-0.3, -0.25) is 95.5 Å². The Bertz CT molecular complexity index is 4390. The SMILES string of the molecule is CC(=O)NC1C(OCCOCCN)OC(COC(C)=O)C(C)C1OC(C)=O.CC(=O)NC1C(OCCOCCNC(=O)CCC(=O)CC(C(=O)O)C(C)(O)C(=O)O)OC(COC(C)=O)C(C)C1OC(C)=O.CC(=O)NC1C(OCCOCCNC(=O)CCC(=O)CC2=CC(=O)OC2=O)OC(CO)C(O)C1O.CC(=O)NC1C(OCCOCCNC(=O)CCC(=O)O)OC(COC(C)=O)C(C)C1OC(C)=O.O=C1CCC(=O)O1.[2H]CF. The summed E-state index contributed by atoms with van der Waals surface area (Å²) in [7, 11) is -1.00. The number of ketones is 2. The second-order valence-electron chi connectivity index (χ2n) is 33.6. The summed E-state index contributed by atoms with van der Waals surface area (Å²) in [6.07, 6.45) is -13.1. The van der Waals surface area contributed by atoms with Gasteiger partial charge in [-0.05, 0) is 6.92 Å². The van der Waals surface area contributed by atoms with Crippen LogP contribution in [0.3, 0.4) is 0 Å². The summed E-state index contributed by atoms with van der Waals surface area (Å²) < 4.78 is 123. The first-order chi connectivity index (χ1) is 70.5. The van der Waals surface area contributed by atoms with Crippen LogP contribution in [-0.2, 0) is 200 Å². The third-order valence-corrected chi connectivity index (χ3v) is 21.4. The van der Waals surface area contributed by atoms with E-state index in [1.165, 1.54) is 69.2 Å². The molecule has 0 saturated carbocycles. The first kappa shape index (κ1) is 133. The molecule has 6 aliphatic heterocycles. The largest absolute Gasteiger partial charge is 0.481 e. The maximum Gasteiger partial charge on any atom is 0.342 e. The minimum Gasteiger partial charge on any atom is -0.481 e. The van der Waals surface area contributed by atoms with Crippen molar-refractivity contribution >= 4 is 131 Å². The molecular formula is C91H143FN8O49. The van der Waals surface area contributed by atoms with Crippen LogP contribution in [-0.4, -0.2) is 415 Å². The minimum absolute atomic E-state index is 0.00898. The number of alkyl halides is 1. The normalized spacial score (nSPS) is 24.6. The lowest BCUT2D eigenvalue weighted by molar-refractivity contribution is -0.272. The Morgan fingerprint density at radius 3 is 1.05 bits per heavy atom. The molecule has 5 fully saturated rings. The molecule has 22 atom stereocenters. The van der Waals surface area contributed by atoms with Gasteiger partial charge in [-0.1, -0.05) is 20.8 Å². The summed E-state index contributed by atoms with van der Waals surface area (Å²) in [5.41, 5.74) is 2.67. The first-order valence-corrected chi connectivity index (χ1v) is 46.9. The van der Waals surface area contributed by atoms with Crippen LogP contribution >= 0.6 is 0 Å². The number of hydrogen-bond donors (Lipinski definition) is 15. The average Bonchev–Trinajstić information content (AvgIpc) is 0.913. The van der Waals surface area contributed by atoms with Crippen LogP contribution in [0.4, 0.5) is 4.39 Å². The van der Waals surface area contributed by atoms with Crippen molar-refractivity contribution in [3.63, 3.8) is 0 Å². The number of carbonyl (C=O) groups is 22. The molecule has 7 amide bonds. The highest BCUT2D eigenvalue weighted by molar-refractivity contribution is 6.11. The van der Waals surface area contributed by atoms with E-state index in [2.05, 4.69) is 46.7 Å². The van der Waals surface area contributed by atoms with Gasteiger partial charge in [0.1, 0.15) is 116 Å². The van der Waals surface area contributed by atoms with Crippen LogP contribution in [0.25, 0.3) is 0 Å². The monoisotopic (exact) mass is 2150 g/mol. The van der Waals surface area contributed by atoms with Crippen molar-refractivity contribution in [2.45, 2.75) is 271 Å². The molecule has 0 bridgehead atoms. The van der Waals surface area contributed by atoms with Gasteiger partial charge < -0.3 is 173 Å². The molecule has 0 radical (unpaired) electrons. The molecule has 6 aliphatic rings. The first-order valence-electron chi connectivity index (χ1n) is 47.6. The number of nitrogens with one attached hydrogen (secondary N) is 7. The Hall–Kier alpha value is -11.9. The summed E-state index contributed by atoms with van der Waals surface area (Å²) in [4.78, 5) is 250. The number of nitrogens with two attached hydrogens (primary N) is 1. The number of aliphatic hydroxyl groups is 4. The molecule has 0 spiro atoms. The van der Waals surface area contributed by atoms with Crippen LogP contribution in [0, 0.1) is 23.7 Å². The zero-order chi connectivity index (χ0) is 114. The standard InChI is InChI=1S/C27H42N2O15.C21H30N2O12.C21H34N2O11.C17H30N2O8.C4H4O3.CH3F/c1-14-20(13-42-16(3)31)44-25(22(29-15(2)30)23(14)43-17(4)32)41-11-10-40-9-8-28-21(34)7-6-18(33)12-19(24(35)36)27(5,39)26(37)38;1-11(25)23-17-19(30)18(29)14(10-24)34-21(17)33-7-6-32-5-4-22-15(27)3-2-13(26)8-12-9-16(28)35-20(12)31;1-12-16(11-32-14(3)25)34-21(19(23-13(2)24)20(12)33-15(4)26)31-10-9-30-8-7-22-17(27)5-6-18(28)29;1-10-14(9-25-12(3)21)27-17(24-8-7-23-6-5-18)15(19-11(2)20)16(10)26-13(4)22;5-3-1-2-4(6)7-3;1-2/h14,19-20,22-23,25,39H,6-13H2,1-5H3,(H,28,34)(H,29,30)(H,35,36)(H,37,38);9,14,17-19,21,24,29-30H,2-8,10H2,1H3,(H,22,27)(H,23,25);12,16,19-21H,5-11H2,1-4H3,(H,22,27)(H,23,24)(H,28,29);10,14-17H,5-9,18H2,1-4H3,(H,19,20);1-2H2;1H3/i;;;;;1D. The van der Waals surface area contributed by atoms with Gasteiger partial charge in [0.15, 0.2) is 30.8 Å². The van der Waals surface area contributed by atoms with Crippen molar-refractivity contribution in [3.8, 4) is 0 Å². The second-order valence-corrected chi connectivity index (χ2v) is 33.6. The van der Waals surface area contributed by atoms with Crippen LogP contribution in [0.1, 0.15) is 163 Å². The number of aliphatic carboxylic acids is 3. The molecule has 149 heavy (non-hydrogen) atoms. The van der Waals surface area contributed by atoms with Gasteiger partial charge in [0.25, 0.3) is 0 Å². The Kier molecular flexibility index (Phi) is 65.5. The Labute approximate surface area is 857 Å². The van der Waals surface area contributed by atoms with E-state index in [4.69, 9.17) is 103 Å². The Morgan fingerprint density at radius 2 is 0.772 bits per heavy atom. The second kappa shape index (κ2) is 73.3. The summed E-state index contributed by atoms with van der Waals surface area (Å²) in [5, 5.41) is 84.2. The fourth-order valence-corrected chi connectivity index (χ4v) is 14.1. The van der Waals surface area contributed by atoms with Gasteiger partial charge in [-0.2, -0.15) is 0 Å². The fraction of sp³-hybridized carbons (Fsp3) is 0.736. The number of carbonyl (C=O) groups excluding carboxylic acids is 19. The molecule has 0 aromatic carbocycles. The van der Waals surface area contributed by atoms with Crippen molar-refractivity contribution in [1.82, 2.24) is 37.2 Å². The number of esters is 10. The number of Topliss-reactive ketones (excluding diaryl/α,β-unsaturated/α-hetero) is 2. The van der Waals surface area contributed by atoms with Crippen molar-refractivity contribution in [2.24, 2.45) is 29.4 Å². The Balaban J connectivity index is 0.000000977. The molecule has 6 heterocycles. The van der Waals surface area contributed by atoms with E-state index >= 15 is 0 Å². The molecule has 16 N–H and O–H groups in total. The van der Waals surface area contributed by atoms with Gasteiger partial charge in [0, 0.05) is 164 Å². The number of rotatable bonds is 57. The third kappa shape index (κ3) is 55.5. The lowest BCUT2D eigenvalue weighted by Gasteiger charge is -2.44. The molecule has 58 heteroatoms. The molecule has 57 nitrogen and oxygen atoms in total. The molecule has 22 unspecified atom stereocenters. The van der Waals surface area contributed by atoms with Crippen LogP contribution in [0.2, 0.25) is 0 Å². The fourth-order valence-electron chi connectivity index (χ4n) is 14.1. The minimum atomic E-state index is -2.66. The van der Waals surface area contributed by atoms with Gasteiger partial charge in [-0.25, -0.2) is 14.4 Å². The number of ether oxygens (including phenoxy) is 20. The third-order valence-electron chi connectivity index (χ3n) is 21.4. The maximum atomic E-state index is 12.1. The number of cyclic esters (lactones) is 4.